The summed E-state index contributed by atoms with van der Waals surface area (Å²) >= 11 is 3.37. The fraction of sp³-hybridized carbons (Fsp3) is 0.278. The number of ether oxygens (including phenoxy) is 2. The van der Waals surface area contributed by atoms with Gasteiger partial charge in [-0.25, -0.2) is 0 Å². The van der Waals surface area contributed by atoms with Gasteiger partial charge in [-0.05, 0) is 37.4 Å². The Morgan fingerprint density at radius 1 is 1.12 bits per heavy atom. The van der Waals surface area contributed by atoms with Crippen LogP contribution in [0.1, 0.15) is 5.56 Å². The molecule has 2 aromatic carbocycles. The van der Waals surface area contributed by atoms with Gasteiger partial charge in [0, 0.05) is 28.3 Å². The van der Waals surface area contributed by atoms with E-state index in [2.05, 4.69) is 21.2 Å². The van der Waals surface area contributed by atoms with E-state index in [-0.39, 0.29) is 12.5 Å². The van der Waals surface area contributed by atoms with Crippen LogP contribution in [0.4, 0.5) is 5.69 Å². The van der Waals surface area contributed by atoms with Gasteiger partial charge in [-0.1, -0.05) is 22.0 Å². The van der Waals surface area contributed by atoms with E-state index in [1.807, 2.05) is 54.4 Å². The first-order valence-corrected chi connectivity index (χ1v) is 8.26. The Bertz CT molecular complexity index is 689. The first kappa shape index (κ1) is 18.3. The molecule has 0 fully saturated rings. The highest BCUT2D eigenvalue weighted by Crippen LogP contribution is 2.25. The zero-order valence-electron chi connectivity index (χ0n) is 14.0. The summed E-state index contributed by atoms with van der Waals surface area (Å²) in [6.07, 6.45) is 0. The number of hydrogen-bond donors (Lipinski definition) is 1. The quantitative estimate of drug-likeness (QED) is 0.782. The Morgan fingerprint density at radius 2 is 1.83 bits per heavy atom. The van der Waals surface area contributed by atoms with Crippen LogP contribution in [0.2, 0.25) is 0 Å². The molecule has 0 radical (unpaired) electrons. The summed E-state index contributed by atoms with van der Waals surface area (Å²) in [7, 11) is 5.14. The number of halogens is 1. The molecular formula is C18H21BrN2O3. The van der Waals surface area contributed by atoms with Crippen molar-refractivity contribution in [3.05, 3.63) is 52.5 Å². The van der Waals surface area contributed by atoms with Gasteiger partial charge in [0.15, 0.2) is 0 Å². The number of amides is 1. The molecule has 0 aromatic heterocycles. The van der Waals surface area contributed by atoms with Crippen molar-refractivity contribution < 1.29 is 14.3 Å². The van der Waals surface area contributed by atoms with Crippen molar-refractivity contribution in [3.8, 4) is 11.5 Å². The maximum absolute atomic E-state index is 12.1. The Morgan fingerprint density at radius 3 is 2.46 bits per heavy atom. The van der Waals surface area contributed by atoms with Crippen molar-refractivity contribution >= 4 is 27.5 Å². The molecule has 0 saturated heterocycles. The third-order valence-corrected chi connectivity index (χ3v) is 4.00. The fourth-order valence-corrected chi connectivity index (χ4v) is 2.57. The number of carbonyl (C=O) groups excluding carboxylic acids is 1. The molecule has 5 nitrogen and oxygen atoms in total. The number of likely N-dealkylation sites (N-methyl/N-ethyl adjacent to an activating group) is 1. The molecule has 0 saturated carbocycles. The Kier molecular flexibility index (Phi) is 6.63. The minimum atomic E-state index is -0.0627. The second kappa shape index (κ2) is 8.70. The summed E-state index contributed by atoms with van der Waals surface area (Å²) in [5.41, 5.74) is 1.77. The van der Waals surface area contributed by atoms with Gasteiger partial charge in [-0.2, -0.15) is 0 Å². The van der Waals surface area contributed by atoms with Gasteiger partial charge in [0.1, 0.15) is 11.5 Å². The lowest BCUT2D eigenvalue weighted by molar-refractivity contribution is -0.117. The number of methoxy groups -OCH3 is 2. The zero-order valence-corrected chi connectivity index (χ0v) is 15.6. The average Bonchev–Trinajstić information content (AvgIpc) is 2.57. The highest BCUT2D eigenvalue weighted by molar-refractivity contribution is 9.10. The van der Waals surface area contributed by atoms with Gasteiger partial charge < -0.3 is 14.8 Å². The van der Waals surface area contributed by atoms with E-state index < -0.39 is 0 Å². The summed E-state index contributed by atoms with van der Waals surface area (Å²) in [5, 5.41) is 2.88. The molecule has 0 atom stereocenters. The second-order valence-corrected chi connectivity index (χ2v) is 6.32. The van der Waals surface area contributed by atoms with Gasteiger partial charge in [-0.15, -0.1) is 0 Å². The van der Waals surface area contributed by atoms with E-state index in [0.29, 0.717) is 6.54 Å². The predicted molar refractivity (Wildman–Crippen MR) is 98.7 cm³/mol. The molecule has 0 aliphatic carbocycles. The monoisotopic (exact) mass is 392 g/mol. The summed E-state index contributed by atoms with van der Waals surface area (Å²) in [4.78, 5) is 14.1. The topological polar surface area (TPSA) is 50.8 Å². The molecule has 128 valence electrons. The van der Waals surface area contributed by atoms with Crippen LogP contribution < -0.4 is 14.8 Å². The first-order valence-electron chi connectivity index (χ1n) is 7.46. The lowest BCUT2D eigenvalue weighted by atomic mass is 10.2. The number of nitrogens with one attached hydrogen (secondary N) is 1. The average molecular weight is 393 g/mol. The molecule has 0 heterocycles. The van der Waals surface area contributed by atoms with Crippen LogP contribution in [-0.2, 0) is 11.3 Å². The van der Waals surface area contributed by atoms with E-state index in [4.69, 9.17) is 9.47 Å². The molecule has 1 N–H and O–H groups in total. The van der Waals surface area contributed by atoms with E-state index in [0.717, 1.165) is 27.2 Å². The van der Waals surface area contributed by atoms with Gasteiger partial charge in [0.25, 0.3) is 0 Å². The van der Waals surface area contributed by atoms with Crippen LogP contribution in [0.3, 0.4) is 0 Å². The number of nitrogens with zero attached hydrogens (tertiary/aromatic N) is 1. The Hall–Kier alpha value is -2.05. The number of anilines is 1. The molecule has 2 aromatic rings. The van der Waals surface area contributed by atoms with E-state index in [1.165, 1.54) is 0 Å². The van der Waals surface area contributed by atoms with Crippen LogP contribution in [0.5, 0.6) is 11.5 Å². The molecular weight excluding hydrogens is 372 g/mol. The van der Waals surface area contributed by atoms with Crippen LogP contribution >= 0.6 is 15.9 Å². The van der Waals surface area contributed by atoms with Crippen molar-refractivity contribution in [3.63, 3.8) is 0 Å². The largest absolute Gasteiger partial charge is 0.497 e. The summed E-state index contributed by atoms with van der Waals surface area (Å²) in [6.45, 7) is 0.881. The maximum atomic E-state index is 12.1. The van der Waals surface area contributed by atoms with Crippen molar-refractivity contribution in [2.75, 3.05) is 33.1 Å². The molecule has 0 unspecified atom stereocenters. The molecule has 24 heavy (non-hydrogen) atoms. The highest BCUT2D eigenvalue weighted by Gasteiger charge is 2.11. The summed E-state index contributed by atoms with van der Waals surface area (Å²) in [5.74, 6) is 1.42. The predicted octanol–water partition coefficient (Wildman–Crippen LogP) is 3.54. The summed E-state index contributed by atoms with van der Waals surface area (Å²) < 4.78 is 11.6. The van der Waals surface area contributed by atoms with E-state index >= 15 is 0 Å². The van der Waals surface area contributed by atoms with Crippen molar-refractivity contribution in [1.29, 1.82) is 0 Å². The first-order chi connectivity index (χ1) is 11.5. The SMILES string of the molecule is COc1ccc(CN(C)CC(=O)Nc2ccc(Br)cc2)c(OC)c1. The lowest BCUT2D eigenvalue weighted by Crippen LogP contribution is -2.29. The molecule has 0 aliphatic rings. The minimum absolute atomic E-state index is 0.0627. The third-order valence-electron chi connectivity index (χ3n) is 3.48. The van der Waals surface area contributed by atoms with E-state index in [1.54, 1.807) is 14.2 Å². The highest BCUT2D eigenvalue weighted by atomic mass is 79.9. The van der Waals surface area contributed by atoms with Gasteiger partial charge in [-0.3, -0.25) is 9.69 Å². The smallest absolute Gasteiger partial charge is 0.238 e. The molecule has 0 bridgehead atoms. The molecule has 2 rings (SSSR count). The standard InChI is InChI=1S/C18H21BrN2O3/c1-21(11-13-4-9-16(23-2)10-17(13)24-3)12-18(22)20-15-7-5-14(19)6-8-15/h4-10H,11-12H2,1-3H3,(H,20,22). The van der Waals surface area contributed by atoms with E-state index in [9.17, 15) is 4.79 Å². The van der Waals surface area contributed by atoms with Crippen molar-refractivity contribution in [2.45, 2.75) is 6.54 Å². The number of rotatable bonds is 7. The molecule has 1 amide bonds. The van der Waals surface area contributed by atoms with Crippen LogP contribution in [0, 0.1) is 0 Å². The minimum Gasteiger partial charge on any atom is -0.497 e. The van der Waals surface area contributed by atoms with Gasteiger partial charge >= 0.3 is 0 Å². The third kappa shape index (κ3) is 5.25. The molecule has 6 heteroatoms. The van der Waals surface area contributed by atoms with Crippen molar-refractivity contribution in [1.82, 2.24) is 4.90 Å². The molecule has 0 aliphatic heterocycles. The molecule has 0 spiro atoms. The summed E-state index contributed by atoms with van der Waals surface area (Å²) in [6, 6.07) is 13.2. The Balaban J connectivity index is 1.93. The zero-order chi connectivity index (χ0) is 17.5. The van der Waals surface area contributed by atoms with Crippen LogP contribution in [0.15, 0.2) is 46.9 Å². The van der Waals surface area contributed by atoms with Crippen LogP contribution in [0.25, 0.3) is 0 Å². The second-order valence-electron chi connectivity index (χ2n) is 5.41. The lowest BCUT2D eigenvalue weighted by Gasteiger charge is -2.18. The van der Waals surface area contributed by atoms with Gasteiger partial charge in [0.2, 0.25) is 5.91 Å². The number of carbonyl (C=O) groups is 1. The number of hydrogen-bond acceptors (Lipinski definition) is 4. The number of benzene rings is 2. The van der Waals surface area contributed by atoms with Crippen molar-refractivity contribution in [2.24, 2.45) is 0 Å². The maximum Gasteiger partial charge on any atom is 0.238 e. The Labute approximate surface area is 150 Å². The van der Waals surface area contributed by atoms with Crippen LogP contribution in [-0.4, -0.2) is 38.6 Å². The normalized spacial score (nSPS) is 10.5. The van der Waals surface area contributed by atoms with Gasteiger partial charge in [0.05, 0.1) is 20.8 Å². The fourth-order valence-electron chi connectivity index (χ4n) is 2.31.